The Morgan fingerprint density at radius 1 is 0.988 bits per heavy atom. The van der Waals surface area contributed by atoms with Gasteiger partial charge in [0.15, 0.2) is 26.2 Å². The van der Waals surface area contributed by atoms with Crippen molar-refractivity contribution in [3.8, 4) is 29.5 Å². The van der Waals surface area contributed by atoms with Crippen LogP contribution in [-0.2, 0) is 49.7 Å². The lowest BCUT2D eigenvalue weighted by Crippen LogP contribution is -2.47. The monoisotopic (exact) mass is 1240 g/mol. The fourth-order valence-corrected chi connectivity index (χ4v) is 10.7. The summed E-state index contributed by atoms with van der Waals surface area (Å²) >= 11 is 29.3. The zero-order valence-electron chi connectivity index (χ0n) is 44.9. The number of aromatic nitrogens is 4. The Bertz CT molecular complexity index is 3450. The Kier molecular flexibility index (Phi) is 22.4. The molecule has 1 saturated carbocycles. The molecule has 1 fully saturated rings. The zero-order chi connectivity index (χ0) is 59.5. The summed E-state index contributed by atoms with van der Waals surface area (Å²) in [5, 5.41) is 8.59. The van der Waals surface area contributed by atoms with Gasteiger partial charge in [0.1, 0.15) is 36.4 Å². The van der Waals surface area contributed by atoms with Crippen molar-refractivity contribution < 1.29 is 54.7 Å². The van der Waals surface area contributed by atoms with Crippen molar-refractivity contribution in [1.82, 2.24) is 19.5 Å². The molecule has 0 spiro atoms. The van der Waals surface area contributed by atoms with Gasteiger partial charge in [0, 0.05) is 43.9 Å². The SMILES string of the molecule is C#CCOc1cc(-n2nc3n(c2=O)CCCC3)c(Cl)cc1Cl.CC1COc2ccccc2N1C(=O)C(Cl)Cl.CCc1cccc(C)c1N(C(=O)CCl)C(C)COC.CS(=O)(=O)c1cc(C(F)(F)F)ccc1C(=O)c1cnoc1C1CC1. The van der Waals surface area contributed by atoms with Crippen molar-refractivity contribution in [3.63, 3.8) is 0 Å². The lowest BCUT2D eigenvalue weighted by molar-refractivity contribution is -0.137. The summed E-state index contributed by atoms with van der Waals surface area (Å²) in [5.41, 5.74) is 2.79. The van der Waals surface area contributed by atoms with E-state index in [-0.39, 0.29) is 59.1 Å². The minimum atomic E-state index is -4.71. The molecule has 0 N–H and O–H groups in total. The number of sulfone groups is 1. The normalized spacial score (nSPS) is 14.9. The van der Waals surface area contributed by atoms with Crippen molar-refractivity contribution in [2.75, 3.05) is 48.9 Å². The molecule has 9 rings (SSSR count). The number of fused-ring (bicyclic) bond motifs is 2. The maximum atomic E-state index is 12.8. The highest BCUT2D eigenvalue weighted by Gasteiger charge is 2.37. The molecule has 0 radical (unpaired) electrons. The Labute approximate surface area is 492 Å². The van der Waals surface area contributed by atoms with Crippen LogP contribution in [0.1, 0.15) is 96.6 Å². The lowest BCUT2D eigenvalue weighted by atomic mass is 10.0. The number of carbonyl (C=O) groups excluding carboxylic acids is 3. The van der Waals surface area contributed by atoms with E-state index in [0.29, 0.717) is 64.9 Å². The highest BCUT2D eigenvalue weighted by molar-refractivity contribution is 7.90. The summed E-state index contributed by atoms with van der Waals surface area (Å²) < 4.78 is 86.3. The molecular weight excluding hydrogens is 1180 g/mol. The number of aryl methyl sites for hydroxylation is 3. The van der Waals surface area contributed by atoms with Crippen molar-refractivity contribution in [1.29, 1.82) is 0 Å². The Balaban J connectivity index is 0.000000176. The van der Waals surface area contributed by atoms with Crippen LogP contribution in [-0.4, -0.2) is 102 Å². The number of ketones is 1. The second-order valence-electron chi connectivity index (χ2n) is 18.9. The molecule has 25 heteroatoms. The molecule has 2 amide bonds. The van der Waals surface area contributed by atoms with Crippen LogP contribution >= 0.6 is 58.0 Å². The number of rotatable bonds is 14. The molecule has 16 nitrogen and oxygen atoms in total. The Morgan fingerprint density at radius 3 is 2.32 bits per heavy atom. The molecule has 0 bridgehead atoms. The van der Waals surface area contributed by atoms with Crippen LogP contribution in [0.5, 0.6) is 11.5 Å². The topological polar surface area (TPSA) is 185 Å². The van der Waals surface area contributed by atoms with Crippen LogP contribution in [0.4, 0.5) is 24.5 Å². The van der Waals surface area contributed by atoms with Gasteiger partial charge in [0.05, 0.1) is 68.0 Å². The fraction of sp³-hybridized carbons (Fsp3) is 0.393. The molecule has 2 unspecified atom stereocenters. The summed E-state index contributed by atoms with van der Waals surface area (Å²) in [6, 6.07) is 18.5. The third-order valence-electron chi connectivity index (χ3n) is 12.9. The molecule has 434 valence electrons. The van der Waals surface area contributed by atoms with Crippen LogP contribution < -0.4 is 25.0 Å². The van der Waals surface area contributed by atoms with Gasteiger partial charge in [-0.1, -0.05) is 94.7 Å². The largest absolute Gasteiger partial charge is 0.489 e. The first-order valence-electron chi connectivity index (χ1n) is 25.3. The number of methoxy groups -OCH3 is 1. The van der Waals surface area contributed by atoms with Crippen LogP contribution in [0.25, 0.3) is 5.69 Å². The molecular formula is C56H58Cl5F3N6O10S. The number of benzene rings is 4. The number of hydrogen-bond acceptors (Lipinski definition) is 12. The van der Waals surface area contributed by atoms with Gasteiger partial charge >= 0.3 is 11.9 Å². The first kappa shape index (κ1) is 64.1. The highest BCUT2D eigenvalue weighted by atomic mass is 35.5. The number of terminal acetylenes is 1. The zero-order valence-corrected chi connectivity index (χ0v) is 49.5. The number of anilines is 2. The Morgan fingerprint density at radius 2 is 1.70 bits per heavy atom. The maximum Gasteiger partial charge on any atom is 0.416 e. The second kappa shape index (κ2) is 28.3. The molecule has 4 aromatic carbocycles. The molecule has 1 aliphatic carbocycles. The first-order chi connectivity index (χ1) is 38.4. The number of hydrogen-bond donors (Lipinski definition) is 0. The van der Waals surface area contributed by atoms with Crippen molar-refractivity contribution in [2.24, 2.45) is 0 Å². The smallest absolute Gasteiger partial charge is 0.416 e. The maximum absolute atomic E-state index is 12.8. The average Bonchev–Trinajstić information content (AvgIpc) is 4.09. The van der Waals surface area contributed by atoms with E-state index in [4.69, 9.17) is 83.2 Å². The fourth-order valence-electron chi connectivity index (χ4n) is 8.93. The molecule has 81 heavy (non-hydrogen) atoms. The first-order valence-corrected chi connectivity index (χ1v) is 29.4. The minimum absolute atomic E-state index is 0.0223. The van der Waals surface area contributed by atoms with E-state index in [9.17, 15) is 40.8 Å². The van der Waals surface area contributed by atoms with Gasteiger partial charge in [-0.25, -0.2) is 13.2 Å². The quantitative estimate of drug-likeness (QED) is 0.0572. The summed E-state index contributed by atoms with van der Waals surface area (Å²) in [6.45, 7) is 9.66. The predicted molar refractivity (Wildman–Crippen MR) is 306 cm³/mol. The van der Waals surface area contributed by atoms with E-state index in [2.05, 4.69) is 29.2 Å². The highest BCUT2D eigenvalue weighted by Crippen LogP contribution is 2.43. The van der Waals surface area contributed by atoms with E-state index >= 15 is 0 Å². The summed E-state index contributed by atoms with van der Waals surface area (Å²) in [5.74, 6) is 3.45. The standard InChI is InChI=1S/C15H13Cl2N3O2.C15H22ClNO2.C15H12F3NO4S.C11H11Cl2NO2/c1-2-7-22-13-9-12(10(16)8-11(13)17)20-15(21)19-6-4-3-5-14(19)18-20;1-5-13-8-6-7-11(2)15(13)17(14(18)9-16)12(3)10-19-4;1-24(21,22)12-6-9(15(16,17)18)4-5-10(12)13(20)11-7-19-23-14(11)8-2-3-8;1-7-6-16-9-5-3-2-4-8(9)14(7)11(15)10(12)13/h1,8-9H,3-7H2;6-8,12H,5,9-10H2,1-4H3;4-8H,2-3H2,1H3;2-5,7,10H,6H2,1H3. The second-order valence-corrected chi connectivity index (χ2v) is 23.1. The minimum Gasteiger partial charge on any atom is -0.489 e. The van der Waals surface area contributed by atoms with E-state index in [1.54, 1.807) is 27.5 Å². The van der Waals surface area contributed by atoms with Gasteiger partial charge in [0.2, 0.25) is 5.91 Å². The van der Waals surface area contributed by atoms with Gasteiger partial charge in [-0.2, -0.15) is 17.9 Å². The number of halogens is 8. The summed E-state index contributed by atoms with van der Waals surface area (Å²) in [6.07, 6.45) is 7.70. The molecule has 0 saturated heterocycles. The molecule has 6 aromatic rings. The number of ether oxygens (including phenoxy) is 3. The van der Waals surface area contributed by atoms with Gasteiger partial charge in [-0.15, -0.1) is 23.1 Å². The number of amides is 2. The van der Waals surface area contributed by atoms with Gasteiger partial charge < -0.3 is 28.5 Å². The number of alkyl halides is 6. The molecule has 3 aliphatic rings. The average molecular weight is 1240 g/mol. The molecule has 2 atom stereocenters. The molecule has 4 heterocycles. The third kappa shape index (κ3) is 15.7. The van der Waals surface area contributed by atoms with Crippen LogP contribution in [0.15, 0.2) is 93.2 Å². The number of carbonyl (C=O) groups is 3. The molecule has 2 aromatic heterocycles. The van der Waals surface area contributed by atoms with Gasteiger partial charge in [-0.05, 0) is 100 Å². The summed E-state index contributed by atoms with van der Waals surface area (Å²) in [4.78, 5) is 50.8. The van der Waals surface area contributed by atoms with Crippen molar-refractivity contribution in [2.45, 2.75) is 107 Å². The van der Waals surface area contributed by atoms with Crippen LogP contribution in [0.3, 0.4) is 0 Å². The van der Waals surface area contributed by atoms with Gasteiger partial charge in [-0.3, -0.25) is 19.0 Å². The van der Waals surface area contributed by atoms with Crippen molar-refractivity contribution in [3.05, 3.63) is 139 Å². The molecule has 2 aliphatic heterocycles. The van der Waals surface area contributed by atoms with Crippen LogP contribution in [0, 0.1) is 19.3 Å². The number of para-hydroxylation sites is 3. The summed E-state index contributed by atoms with van der Waals surface area (Å²) in [7, 11) is -2.40. The lowest BCUT2D eigenvalue weighted by Gasteiger charge is -2.35. The van der Waals surface area contributed by atoms with Crippen LogP contribution in [0.2, 0.25) is 10.0 Å². The Hall–Kier alpha value is -6.05. The van der Waals surface area contributed by atoms with E-state index in [1.807, 2.05) is 57.2 Å². The third-order valence-corrected chi connectivity index (χ3v) is 15.2. The van der Waals surface area contributed by atoms with Crippen molar-refractivity contribution >= 4 is 96.8 Å². The number of nitrogens with zero attached hydrogens (tertiary/aromatic N) is 6. The van der Waals surface area contributed by atoms with E-state index in [0.717, 1.165) is 79.2 Å². The van der Waals surface area contributed by atoms with Gasteiger partial charge in [0.25, 0.3) is 5.91 Å². The van der Waals surface area contributed by atoms with E-state index < -0.39 is 37.1 Å². The predicted octanol–water partition coefficient (Wildman–Crippen LogP) is 11.7. The van der Waals surface area contributed by atoms with E-state index in [1.165, 1.54) is 16.9 Å².